The van der Waals surface area contributed by atoms with Gasteiger partial charge in [-0.1, -0.05) is 36.6 Å². The van der Waals surface area contributed by atoms with Gasteiger partial charge in [-0.25, -0.2) is 4.39 Å². The maximum absolute atomic E-state index is 13.1. The zero-order valence-electron chi connectivity index (χ0n) is 18.4. The van der Waals surface area contributed by atoms with E-state index in [0.29, 0.717) is 24.2 Å². The standard InChI is InChI=1S/C24H32FN5O2/c25-19-6-4-17(5-7-19)13-26-23(31)21-15-29-11-8-18(21)12-20(29)14-30-16-22(27-28-30)24(32)9-2-1-3-10-24/h4-7,16,18,20-21,32H,1-3,8-15H2,(H,26,31)/t18-,20-,21-/m1/s1. The van der Waals surface area contributed by atoms with Gasteiger partial charge in [-0.15, -0.1) is 5.10 Å². The van der Waals surface area contributed by atoms with Gasteiger partial charge in [0.15, 0.2) is 0 Å². The van der Waals surface area contributed by atoms with E-state index in [1.165, 1.54) is 18.6 Å². The van der Waals surface area contributed by atoms with Crippen LogP contribution >= 0.6 is 0 Å². The summed E-state index contributed by atoms with van der Waals surface area (Å²) >= 11 is 0. The predicted octanol–water partition coefficient (Wildman–Crippen LogP) is 2.60. The fourth-order valence-electron chi connectivity index (χ4n) is 5.76. The van der Waals surface area contributed by atoms with Crippen LogP contribution < -0.4 is 5.32 Å². The molecule has 7 nitrogen and oxygen atoms in total. The Bertz CT molecular complexity index is 940. The molecule has 1 aromatic heterocycles. The Hall–Kier alpha value is -2.32. The first-order valence-electron chi connectivity index (χ1n) is 11.9. The Kier molecular flexibility index (Phi) is 5.99. The smallest absolute Gasteiger partial charge is 0.224 e. The zero-order valence-corrected chi connectivity index (χ0v) is 18.4. The van der Waals surface area contributed by atoms with Gasteiger partial charge >= 0.3 is 0 Å². The van der Waals surface area contributed by atoms with Crippen LogP contribution in [0.15, 0.2) is 30.5 Å². The first kappa shape index (κ1) is 21.5. The van der Waals surface area contributed by atoms with Crippen molar-refractivity contribution in [1.29, 1.82) is 0 Å². The highest BCUT2D eigenvalue weighted by atomic mass is 19.1. The van der Waals surface area contributed by atoms with Gasteiger partial charge in [0, 0.05) is 19.1 Å². The third kappa shape index (κ3) is 4.43. The Morgan fingerprint density at radius 1 is 1.22 bits per heavy atom. The predicted molar refractivity (Wildman–Crippen MR) is 117 cm³/mol. The lowest BCUT2D eigenvalue weighted by Crippen LogP contribution is -2.58. The van der Waals surface area contributed by atoms with Gasteiger partial charge in [-0.05, 0) is 55.8 Å². The van der Waals surface area contributed by atoms with Gasteiger partial charge in [0.2, 0.25) is 5.91 Å². The Morgan fingerprint density at radius 2 is 2.00 bits per heavy atom. The molecule has 0 spiro atoms. The van der Waals surface area contributed by atoms with Crippen LogP contribution in [0.4, 0.5) is 4.39 Å². The van der Waals surface area contributed by atoms with Crippen molar-refractivity contribution in [2.24, 2.45) is 11.8 Å². The second kappa shape index (κ2) is 8.90. The summed E-state index contributed by atoms with van der Waals surface area (Å²) in [6.45, 7) is 2.93. The van der Waals surface area contributed by atoms with E-state index in [9.17, 15) is 14.3 Å². The molecule has 4 heterocycles. The Morgan fingerprint density at radius 3 is 2.72 bits per heavy atom. The van der Waals surface area contributed by atoms with Crippen molar-refractivity contribution in [3.05, 3.63) is 47.5 Å². The Balaban J connectivity index is 1.16. The van der Waals surface area contributed by atoms with Crippen LogP contribution in [0.1, 0.15) is 56.2 Å². The summed E-state index contributed by atoms with van der Waals surface area (Å²) in [6.07, 6.45) is 8.69. The summed E-state index contributed by atoms with van der Waals surface area (Å²) in [4.78, 5) is 15.2. The van der Waals surface area contributed by atoms with E-state index in [4.69, 9.17) is 0 Å². The average Bonchev–Trinajstić information content (AvgIpc) is 3.29. The van der Waals surface area contributed by atoms with E-state index in [-0.39, 0.29) is 17.6 Å². The molecule has 4 atom stereocenters. The van der Waals surface area contributed by atoms with Crippen LogP contribution in [0.3, 0.4) is 0 Å². The number of nitrogens with one attached hydrogen (secondary N) is 1. The Labute approximate surface area is 188 Å². The summed E-state index contributed by atoms with van der Waals surface area (Å²) in [7, 11) is 0. The zero-order chi connectivity index (χ0) is 22.1. The van der Waals surface area contributed by atoms with Crippen LogP contribution in [0, 0.1) is 17.7 Å². The highest BCUT2D eigenvalue weighted by Crippen LogP contribution is 2.38. The third-order valence-electron chi connectivity index (χ3n) is 7.69. The summed E-state index contributed by atoms with van der Waals surface area (Å²) in [5, 5.41) is 22.6. The van der Waals surface area contributed by atoms with Gasteiger partial charge in [0.1, 0.15) is 17.1 Å². The lowest BCUT2D eigenvalue weighted by molar-refractivity contribution is -0.133. The lowest BCUT2D eigenvalue weighted by atomic mass is 9.75. The normalized spacial score (nSPS) is 29.1. The number of hydrogen-bond acceptors (Lipinski definition) is 5. The molecule has 1 unspecified atom stereocenters. The van der Waals surface area contributed by atoms with Crippen molar-refractivity contribution in [2.45, 2.75) is 69.7 Å². The van der Waals surface area contributed by atoms with Gasteiger partial charge < -0.3 is 10.4 Å². The summed E-state index contributed by atoms with van der Waals surface area (Å²) < 4.78 is 14.9. The number of hydrogen-bond donors (Lipinski definition) is 2. The minimum Gasteiger partial charge on any atom is -0.383 e. The maximum Gasteiger partial charge on any atom is 0.224 e. The molecule has 1 saturated carbocycles. The molecular formula is C24H32FN5O2. The quantitative estimate of drug-likeness (QED) is 0.720. The number of nitrogens with zero attached hydrogens (tertiary/aromatic N) is 4. The molecule has 172 valence electrons. The van der Waals surface area contributed by atoms with Crippen molar-refractivity contribution in [3.63, 3.8) is 0 Å². The van der Waals surface area contributed by atoms with E-state index in [1.54, 1.807) is 12.1 Å². The summed E-state index contributed by atoms with van der Waals surface area (Å²) in [5.74, 6) is 0.180. The molecule has 3 aliphatic heterocycles. The second-order valence-electron chi connectivity index (χ2n) is 9.80. The minimum absolute atomic E-state index is 0.00490. The molecule has 2 aromatic rings. The molecule has 0 radical (unpaired) electrons. The molecule has 2 N–H and O–H groups in total. The number of rotatable bonds is 6. The third-order valence-corrected chi connectivity index (χ3v) is 7.69. The van der Waals surface area contributed by atoms with Crippen LogP contribution in [0.25, 0.3) is 0 Å². The van der Waals surface area contributed by atoms with E-state index in [1.807, 2.05) is 10.9 Å². The number of amides is 1. The SMILES string of the molecule is O=C(NCc1ccc(F)cc1)[C@@H]1CN2CC[C@@H]1C[C@@H]2Cn1cc(C2(O)CCCCC2)nn1. The van der Waals surface area contributed by atoms with Crippen molar-refractivity contribution in [2.75, 3.05) is 13.1 Å². The van der Waals surface area contributed by atoms with Crippen molar-refractivity contribution in [1.82, 2.24) is 25.2 Å². The van der Waals surface area contributed by atoms with Crippen LogP contribution in [-0.2, 0) is 23.5 Å². The van der Waals surface area contributed by atoms with Crippen molar-refractivity contribution >= 4 is 5.91 Å². The van der Waals surface area contributed by atoms with E-state index in [2.05, 4.69) is 20.5 Å². The van der Waals surface area contributed by atoms with E-state index < -0.39 is 5.60 Å². The van der Waals surface area contributed by atoms with Crippen LogP contribution in [0.5, 0.6) is 0 Å². The molecule has 1 aromatic carbocycles. The maximum atomic E-state index is 13.1. The lowest BCUT2D eigenvalue weighted by Gasteiger charge is -2.49. The topological polar surface area (TPSA) is 83.3 Å². The number of carbonyl (C=O) groups excluding carboxylic acids is 1. The number of fused-ring (bicyclic) bond motifs is 3. The molecule has 4 aliphatic rings. The number of benzene rings is 1. The molecule has 4 fully saturated rings. The highest BCUT2D eigenvalue weighted by molar-refractivity contribution is 5.79. The van der Waals surface area contributed by atoms with Gasteiger partial charge in [-0.2, -0.15) is 0 Å². The highest BCUT2D eigenvalue weighted by Gasteiger charge is 2.43. The van der Waals surface area contributed by atoms with Gasteiger partial charge in [0.25, 0.3) is 0 Å². The number of carbonyl (C=O) groups is 1. The second-order valence-corrected chi connectivity index (χ2v) is 9.80. The monoisotopic (exact) mass is 441 g/mol. The molecule has 1 aliphatic carbocycles. The molecule has 3 saturated heterocycles. The van der Waals surface area contributed by atoms with Crippen LogP contribution in [0.2, 0.25) is 0 Å². The fraction of sp³-hybridized carbons (Fsp3) is 0.625. The van der Waals surface area contributed by atoms with E-state index >= 15 is 0 Å². The van der Waals surface area contributed by atoms with Crippen molar-refractivity contribution in [3.8, 4) is 0 Å². The number of piperidine rings is 3. The molecule has 8 heteroatoms. The minimum atomic E-state index is -0.823. The summed E-state index contributed by atoms with van der Waals surface area (Å²) in [5.41, 5.74) is 0.780. The molecule has 32 heavy (non-hydrogen) atoms. The largest absolute Gasteiger partial charge is 0.383 e. The van der Waals surface area contributed by atoms with Gasteiger partial charge in [0.05, 0.1) is 18.7 Å². The molecule has 6 rings (SSSR count). The average molecular weight is 442 g/mol. The van der Waals surface area contributed by atoms with Crippen LogP contribution in [-0.4, -0.2) is 50.0 Å². The molecular weight excluding hydrogens is 409 g/mol. The number of aliphatic hydroxyl groups is 1. The number of aromatic nitrogens is 3. The molecule has 2 bridgehead atoms. The van der Waals surface area contributed by atoms with Gasteiger partial charge in [-0.3, -0.25) is 14.4 Å². The first-order chi connectivity index (χ1) is 15.5. The van der Waals surface area contributed by atoms with E-state index in [0.717, 1.165) is 63.7 Å². The molecule has 1 amide bonds. The summed E-state index contributed by atoms with van der Waals surface area (Å²) in [6, 6.07) is 6.59. The fourth-order valence-corrected chi connectivity index (χ4v) is 5.76. The number of halogens is 1. The first-order valence-corrected chi connectivity index (χ1v) is 11.9. The van der Waals surface area contributed by atoms with Crippen molar-refractivity contribution < 1.29 is 14.3 Å².